The molecule has 3 rings (SSSR count). The third-order valence-electron chi connectivity index (χ3n) is 5.31. The lowest BCUT2D eigenvalue weighted by molar-refractivity contribution is -0.136. The Morgan fingerprint density at radius 2 is 1.71 bits per heavy atom. The topological polar surface area (TPSA) is 74.6 Å². The molecule has 0 atom stereocenters. The lowest BCUT2D eigenvalue weighted by atomic mass is 10.1. The first-order valence-corrected chi connectivity index (χ1v) is 10.8. The second-order valence-electron chi connectivity index (χ2n) is 8.00. The molecule has 0 spiro atoms. The van der Waals surface area contributed by atoms with Crippen molar-refractivity contribution in [2.45, 2.75) is 39.5 Å². The fraction of sp³-hybridized carbons (Fsp3) is 0.280. The van der Waals surface area contributed by atoms with Gasteiger partial charge in [0.15, 0.2) is 5.76 Å². The number of amides is 2. The number of hydrogen-bond donors (Lipinski definition) is 2. The van der Waals surface area contributed by atoms with Crippen molar-refractivity contribution in [2.75, 3.05) is 17.2 Å². The van der Waals surface area contributed by atoms with Crippen LogP contribution in [0.25, 0.3) is 0 Å². The smallest absolute Gasteiger partial charge is 0.418 e. The van der Waals surface area contributed by atoms with Crippen molar-refractivity contribution in [3.05, 3.63) is 83.3 Å². The maximum atomic E-state index is 13.7. The Labute approximate surface area is 195 Å². The minimum Gasteiger partial charge on any atom is -0.459 e. The fourth-order valence-electron chi connectivity index (χ4n) is 3.42. The van der Waals surface area contributed by atoms with Gasteiger partial charge in [-0.1, -0.05) is 19.1 Å². The van der Waals surface area contributed by atoms with Gasteiger partial charge in [-0.25, -0.2) is 0 Å². The molecule has 0 radical (unpaired) electrons. The standard InChI is InChI=1S/C25H26F3N3O3/c1-4-31(16(2)3)15-17-7-9-18(10-8-17)23(32)30-21-12-11-19(14-20(21)25(26,27)28)29-24(33)22-6-5-13-34-22/h5-14,16H,4,15H2,1-3H3,(H,29,33)(H,30,32). The maximum Gasteiger partial charge on any atom is 0.418 e. The average molecular weight is 473 g/mol. The SMILES string of the molecule is CCN(Cc1ccc(C(=O)Nc2ccc(NC(=O)c3ccco3)cc2C(F)(F)F)cc1)C(C)C. The first kappa shape index (κ1) is 25.0. The van der Waals surface area contributed by atoms with Crippen molar-refractivity contribution in [1.82, 2.24) is 4.90 Å². The summed E-state index contributed by atoms with van der Waals surface area (Å²) < 4.78 is 46.0. The molecule has 6 nitrogen and oxygen atoms in total. The fourth-order valence-corrected chi connectivity index (χ4v) is 3.42. The van der Waals surface area contributed by atoms with Gasteiger partial charge in [-0.05, 0) is 68.4 Å². The number of nitrogens with one attached hydrogen (secondary N) is 2. The van der Waals surface area contributed by atoms with Crippen LogP contribution in [0.4, 0.5) is 24.5 Å². The number of furan rings is 1. The van der Waals surface area contributed by atoms with E-state index in [0.717, 1.165) is 24.2 Å². The van der Waals surface area contributed by atoms with E-state index in [0.29, 0.717) is 12.6 Å². The van der Waals surface area contributed by atoms with E-state index in [1.54, 1.807) is 24.3 Å². The zero-order valence-electron chi connectivity index (χ0n) is 19.1. The van der Waals surface area contributed by atoms with Gasteiger partial charge >= 0.3 is 6.18 Å². The van der Waals surface area contributed by atoms with E-state index < -0.39 is 29.2 Å². The largest absolute Gasteiger partial charge is 0.459 e. The van der Waals surface area contributed by atoms with E-state index in [-0.39, 0.29) is 17.0 Å². The summed E-state index contributed by atoms with van der Waals surface area (Å²) in [4.78, 5) is 27.0. The van der Waals surface area contributed by atoms with Gasteiger partial charge in [0.25, 0.3) is 11.8 Å². The molecule has 0 aliphatic rings. The number of anilines is 2. The normalized spacial score (nSPS) is 11.6. The second kappa shape index (κ2) is 10.6. The number of benzene rings is 2. The van der Waals surface area contributed by atoms with Crippen molar-refractivity contribution in [3.63, 3.8) is 0 Å². The first-order valence-electron chi connectivity index (χ1n) is 10.8. The number of alkyl halides is 3. The highest BCUT2D eigenvalue weighted by molar-refractivity contribution is 6.05. The minimum atomic E-state index is -4.75. The molecule has 1 heterocycles. The van der Waals surface area contributed by atoms with Crippen molar-refractivity contribution >= 4 is 23.2 Å². The van der Waals surface area contributed by atoms with Gasteiger partial charge in [-0.2, -0.15) is 13.2 Å². The molecule has 180 valence electrons. The Morgan fingerprint density at radius 3 is 2.26 bits per heavy atom. The highest BCUT2D eigenvalue weighted by Crippen LogP contribution is 2.37. The molecule has 2 aromatic carbocycles. The van der Waals surface area contributed by atoms with Gasteiger partial charge in [0.2, 0.25) is 0 Å². The van der Waals surface area contributed by atoms with Crippen LogP contribution in [-0.2, 0) is 12.7 Å². The summed E-state index contributed by atoms with van der Waals surface area (Å²) in [6.45, 7) is 7.83. The molecule has 2 amide bonds. The van der Waals surface area contributed by atoms with Crippen LogP contribution in [0.5, 0.6) is 0 Å². The van der Waals surface area contributed by atoms with E-state index in [2.05, 4.69) is 36.3 Å². The average Bonchev–Trinajstić information content (AvgIpc) is 3.33. The van der Waals surface area contributed by atoms with Gasteiger partial charge in [-0.15, -0.1) is 0 Å². The van der Waals surface area contributed by atoms with Crippen molar-refractivity contribution in [2.24, 2.45) is 0 Å². The molecular formula is C25H26F3N3O3. The highest BCUT2D eigenvalue weighted by Gasteiger charge is 2.34. The van der Waals surface area contributed by atoms with Crippen LogP contribution in [0.15, 0.2) is 65.3 Å². The molecular weight excluding hydrogens is 447 g/mol. The Bertz CT molecular complexity index is 1120. The molecule has 1 aromatic heterocycles. The Kier molecular flexibility index (Phi) is 7.78. The second-order valence-corrected chi connectivity index (χ2v) is 8.00. The molecule has 0 bridgehead atoms. The molecule has 2 N–H and O–H groups in total. The number of carbonyl (C=O) groups excluding carboxylic acids is 2. The van der Waals surface area contributed by atoms with Crippen LogP contribution in [0, 0.1) is 0 Å². The first-order chi connectivity index (χ1) is 16.1. The molecule has 0 fully saturated rings. The predicted molar refractivity (Wildman–Crippen MR) is 124 cm³/mol. The van der Waals surface area contributed by atoms with E-state index in [1.165, 1.54) is 24.5 Å². The summed E-state index contributed by atoms with van der Waals surface area (Å²) in [7, 11) is 0. The molecule has 0 saturated carbocycles. The van der Waals surface area contributed by atoms with Crippen LogP contribution in [0.2, 0.25) is 0 Å². The zero-order chi connectivity index (χ0) is 24.9. The monoisotopic (exact) mass is 473 g/mol. The van der Waals surface area contributed by atoms with E-state index in [4.69, 9.17) is 4.42 Å². The number of carbonyl (C=O) groups is 2. The van der Waals surface area contributed by atoms with Gasteiger partial charge in [0.1, 0.15) is 0 Å². The van der Waals surface area contributed by atoms with Crippen LogP contribution in [-0.4, -0.2) is 29.3 Å². The zero-order valence-corrected chi connectivity index (χ0v) is 19.1. The van der Waals surface area contributed by atoms with Crippen molar-refractivity contribution in [3.8, 4) is 0 Å². The number of halogens is 3. The molecule has 0 unspecified atom stereocenters. The molecule has 3 aromatic rings. The lowest BCUT2D eigenvalue weighted by Gasteiger charge is -2.24. The molecule has 0 aliphatic heterocycles. The maximum absolute atomic E-state index is 13.7. The molecule has 9 heteroatoms. The van der Waals surface area contributed by atoms with E-state index >= 15 is 0 Å². The minimum absolute atomic E-state index is 0.0372. The van der Waals surface area contributed by atoms with Crippen LogP contribution < -0.4 is 10.6 Å². The summed E-state index contributed by atoms with van der Waals surface area (Å²) in [6.07, 6.45) is -3.47. The quantitative estimate of drug-likeness (QED) is 0.419. The van der Waals surface area contributed by atoms with Crippen LogP contribution >= 0.6 is 0 Å². The Morgan fingerprint density at radius 1 is 1.00 bits per heavy atom. The summed E-state index contributed by atoms with van der Waals surface area (Å²) in [5.74, 6) is -1.39. The third-order valence-corrected chi connectivity index (χ3v) is 5.31. The van der Waals surface area contributed by atoms with Crippen LogP contribution in [0.3, 0.4) is 0 Å². The van der Waals surface area contributed by atoms with Gasteiger partial charge < -0.3 is 15.1 Å². The lowest BCUT2D eigenvalue weighted by Crippen LogP contribution is -2.29. The molecule has 0 saturated heterocycles. The number of nitrogens with zero attached hydrogens (tertiary/aromatic N) is 1. The summed E-state index contributed by atoms with van der Waals surface area (Å²) in [6, 6.07) is 13.2. The Balaban J connectivity index is 1.76. The summed E-state index contributed by atoms with van der Waals surface area (Å²) in [5.41, 5.74) is -0.333. The molecule has 0 aliphatic carbocycles. The number of rotatable bonds is 8. The van der Waals surface area contributed by atoms with E-state index in [1.807, 2.05) is 0 Å². The summed E-state index contributed by atoms with van der Waals surface area (Å²) >= 11 is 0. The number of hydrogen-bond acceptors (Lipinski definition) is 4. The van der Waals surface area contributed by atoms with Gasteiger partial charge in [0.05, 0.1) is 17.5 Å². The van der Waals surface area contributed by atoms with Gasteiger partial charge in [0, 0.05) is 23.8 Å². The van der Waals surface area contributed by atoms with Crippen molar-refractivity contribution < 1.29 is 27.2 Å². The molecule has 34 heavy (non-hydrogen) atoms. The predicted octanol–water partition coefficient (Wildman–Crippen LogP) is 6.03. The highest BCUT2D eigenvalue weighted by atomic mass is 19.4. The van der Waals surface area contributed by atoms with Crippen molar-refractivity contribution in [1.29, 1.82) is 0 Å². The Hall–Kier alpha value is -3.59. The van der Waals surface area contributed by atoms with Crippen LogP contribution in [0.1, 0.15) is 52.8 Å². The third kappa shape index (κ3) is 6.26. The summed E-state index contributed by atoms with van der Waals surface area (Å²) in [5, 5.41) is 4.68. The van der Waals surface area contributed by atoms with Gasteiger partial charge in [-0.3, -0.25) is 14.5 Å². The van der Waals surface area contributed by atoms with E-state index in [9.17, 15) is 22.8 Å².